The van der Waals surface area contributed by atoms with Crippen molar-refractivity contribution in [3.05, 3.63) is 36.0 Å². The number of unbranched alkanes of at least 4 members (excludes halogenated alkanes) is 1. The summed E-state index contributed by atoms with van der Waals surface area (Å²) < 4.78 is 0. The van der Waals surface area contributed by atoms with Crippen LogP contribution in [0.2, 0.25) is 0 Å². The zero-order valence-corrected chi connectivity index (χ0v) is 21.6. The molecule has 1 aromatic carbocycles. The number of rotatable bonds is 17. The number of benzene rings is 1. The van der Waals surface area contributed by atoms with Crippen molar-refractivity contribution in [3.8, 4) is 0 Å². The molecule has 15 nitrogen and oxygen atoms in total. The van der Waals surface area contributed by atoms with Gasteiger partial charge >= 0.3 is 17.9 Å². The summed E-state index contributed by atoms with van der Waals surface area (Å²) in [5.74, 6) is -7.07. The molecule has 0 aliphatic carbocycles. The van der Waals surface area contributed by atoms with Crippen molar-refractivity contribution in [3.63, 3.8) is 0 Å². The second-order valence-corrected chi connectivity index (χ2v) is 9.17. The smallest absolute Gasteiger partial charge is 0.326 e. The van der Waals surface area contributed by atoms with Crippen LogP contribution in [0.1, 0.15) is 37.7 Å². The molecule has 1 aromatic heterocycles. The molecule has 0 saturated carbocycles. The van der Waals surface area contributed by atoms with Crippen LogP contribution in [0.3, 0.4) is 0 Å². The Morgan fingerprint density at radius 2 is 1.40 bits per heavy atom. The van der Waals surface area contributed by atoms with Crippen LogP contribution < -0.4 is 27.4 Å². The van der Waals surface area contributed by atoms with Crippen LogP contribution in [0.4, 0.5) is 0 Å². The molecule has 0 aliphatic heterocycles. The van der Waals surface area contributed by atoms with Gasteiger partial charge in [-0.2, -0.15) is 0 Å². The lowest BCUT2D eigenvalue weighted by molar-refractivity contribution is -0.143. The van der Waals surface area contributed by atoms with Gasteiger partial charge in [0.25, 0.3) is 0 Å². The lowest BCUT2D eigenvalue weighted by atomic mass is 10.0. The minimum Gasteiger partial charge on any atom is -0.481 e. The lowest BCUT2D eigenvalue weighted by Crippen LogP contribution is -2.57. The summed E-state index contributed by atoms with van der Waals surface area (Å²) >= 11 is 0. The number of amides is 3. The van der Waals surface area contributed by atoms with E-state index in [-0.39, 0.29) is 19.4 Å². The van der Waals surface area contributed by atoms with E-state index in [1.807, 2.05) is 0 Å². The second-order valence-electron chi connectivity index (χ2n) is 9.17. The molecule has 2 aromatic rings. The third-order valence-corrected chi connectivity index (χ3v) is 6.04. The minimum atomic E-state index is -1.68. The molecule has 0 radical (unpaired) electrons. The number of carbonyl (C=O) groups is 6. The first-order valence-electron chi connectivity index (χ1n) is 12.5. The Balaban J connectivity index is 2.18. The molecule has 218 valence electrons. The van der Waals surface area contributed by atoms with Crippen molar-refractivity contribution in [2.45, 2.75) is 62.7 Å². The summed E-state index contributed by atoms with van der Waals surface area (Å²) in [5.41, 5.74) is 12.4. The van der Waals surface area contributed by atoms with Gasteiger partial charge in [-0.05, 0) is 37.4 Å². The number of nitrogens with one attached hydrogen (secondary N) is 4. The highest BCUT2D eigenvalue weighted by Gasteiger charge is 2.32. The second kappa shape index (κ2) is 15.2. The molecule has 0 aliphatic rings. The van der Waals surface area contributed by atoms with E-state index in [0.29, 0.717) is 18.4 Å². The van der Waals surface area contributed by atoms with E-state index < -0.39 is 72.6 Å². The number of para-hydroxylation sites is 1. The summed E-state index contributed by atoms with van der Waals surface area (Å²) in [5, 5.41) is 35.5. The summed E-state index contributed by atoms with van der Waals surface area (Å²) in [6.07, 6.45) is 0.789. The van der Waals surface area contributed by atoms with E-state index in [1.165, 1.54) is 0 Å². The molecule has 0 saturated heterocycles. The van der Waals surface area contributed by atoms with E-state index >= 15 is 0 Å². The van der Waals surface area contributed by atoms with Crippen molar-refractivity contribution >= 4 is 46.5 Å². The number of fused-ring (bicyclic) bond motifs is 1. The fourth-order valence-corrected chi connectivity index (χ4v) is 3.97. The first-order chi connectivity index (χ1) is 18.9. The largest absolute Gasteiger partial charge is 0.481 e. The minimum absolute atomic E-state index is 0.0360. The predicted octanol–water partition coefficient (Wildman–Crippen LogP) is -1.34. The zero-order valence-electron chi connectivity index (χ0n) is 21.6. The van der Waals surface area contributed by atoms with Gasteiger partial charge in [0.2, 0.25) is 17.7 Å². The Morgan fingerprint density at radius 1 is 0.800 bits per heavy atom. The van der Waals surface area contributed by atoms with Gasteiger partial charge in [-0.25, -0.2) is 4.79 Å². The summed E-state index contributed by atoms with van der Waals surface area (Å²) in [6.45, 7) is 0.290. The molecule has 0 fully saturated rings. The number of carbonyl (C=O) groups excluding carboxylic acids is 3. The number of hydrogen-bond donors (Lipinski definition) is 9. The lowest BCUT2D eigenvalue weighted by Gasteiger charge is -2.24. The maximum atomic E-state index is 13.0. The van der Waals surface area contributed by atoms with Crippen molar-refractivity contribution < 1.29 is 44.1 Å². The topological polar surface area (TPSA) is 267 Å². The Bertz CT molecular complexity index is 1230. The number of aliphatic carboxylic acids is 3. The fraction of sp³-hybridized carbons (Fsp3) is 0.440. The van der Waals surface area contributed by atoms with Crippen LogP contribution in [0.15, 0.2) is 30.5 Å². The molecule has 15 heteroatoms. The van der Waals surface area contributed by atoms with Crippen molar-refractivity contribution in [2.75, 3.05) is 6.54 Å². The van der Waals surface area contributed by atoms with Crippen molar-refractivity contribution in [1.82, 2.24) is 20.9 Å². The van der Waals surface area contributed by atoms with Gasteiger partial charge in [-0.15, -0.1) is 0 Å². The van der Waals surface area contributed by atoms with Crippen molar-refractivity contribution in [1.29, 1.82) is 0 Å². The van der Waals surface area contributed by atoms with Gasteiger partial charge in [-0.3, -0.25) is 24.0 Å². The van der Waals surface area contributed by atoms with Gasteiger partial charge in [0.15, 0.2) is 0 Å². The highest BCUT2D eigenvalue weighted by Crippen LogP contribution is 2.19. The van der Waals surface area contributed by atoms with Crippen LogP contribution in [-0.2, 0) is 35.2 Å². The fourth-order valence-electron chi connectivity index (χ4n) is 3.97. The van der Waals surface area contributed by atoms with E-state index in [9.17, 15) is 39.0 Å². The van der Waals surface area contributed by atoms with Crippen LogP contribution >= 0.6 is 0 Å². The SMILES string of the molecule is NCCCCC(NC(=O)C(N)CC(=O)O)C(=O)NC(CC(=O)O)C(=O)NC(Cc1c[nH]c2ccccc12)C(=O)O. The van der Waals surface area contributed by atoms with E-state index in [4.69, 9.17) is 16.6 Å². The number of carboxylic acids is 3. The summed E-state index contributed by atoms with van der Waals surface area (Å²) in [4.78, 5) is 75.7. The van der Waals surface area contributed by atoms with Gasteiger partial charge in [0.1, 0.15) is 18.1 Å². The number of aromatic amines is 1. The number of nitrogens with two attached hydrogens (primary N) is 2. The molecule has 2 rings (SSSR count). The van der Waals surface area contributed by atoms with Gasteiger partial charge in [0.05, 0.1) is 18.9 Å². The number of carboxylic acid groups (broad SMARTS) is 3. The molecule has 1 heterocycles. The summed E-state index contributed by atoms with van der Waals surface area (Å²) in [7, 11) is 0. The number of hydrogen-bond acceptors (Lipinski definition) is 8. The Hall–Kier alpha value is -4.50. The monoisotopic (exact) mass is 562 g/mol. The normalized spacial score (nSPS) is 13.9. The first kappa shape index (κ1) is 31.7. The van der Waals surface area contributed by atoms with Crippen LogP contribution in [-0.4, -0.2) is 86.6 Å². The third kappa shape index (κ3) is 9.67. The molecule has 4 unspecified atom stereocenters. The molecule has 11 N–H and O–H groups in total. The Kier molecular flexibility index (Phi) is 12.0. The van der Waals surface area contributed by atoms with E-state index in [2.05, 4.69) is 20.9 Å². The average Bonchev–Trinajstić information content (AvgIpc) is 3.29. The standard InChI is InChI=1S/C25H34N6O9/c26-8-4-3-7-17(29-22(36)15(27)10-20(32)33)23(37)30-18(11-21(34)35)24(38)31-19(25(39)40)9-13-12-28-16-6-2-1-5-14(13)16/h1-2,5-6,12,15,17-19,28H,3-4,7-11,26-27H2,(H,29,36)(H,30,37)(H,31,38)(H,32,33)(H,34,35)(H,39,40). The van der Waals surface area contributed by atoms with Gasteiger partial charge in [-0.1, -0.05) is 18.2 Å². The predicted molar refractivity (Wildman–Crippen MR) is 141 cm³/mol. The van der Waals surface area contributed by atoms with Crippen LogP contribution in [0.5, 0.6) is 0 Å². The highest BCUT2D eigenvalue weighted by atomic mass is 16.4. The Morgan fingerprint density at radius 3 is 2.02 bits per heavy atom. The molecular formula is C25H34N6O9. The highest BCUT2D eigenvalue weighted by molar-refractivity contribution is 5.96. The van der Waals surface area contributed by atoms with Gasteiger partial charge < -0.3 is 47.7 Å². The van der Waals surface area contributed by atoms with E-state index in [0.717, 1.165) is 10.9 Å². The third-order valence-electron chi connectivity index (χ3n) is 6.04. The maximum absolute atomic E-state index is 13.0. The first-order valence-corrected chi connectivity index (χ1v) is 12.5. The van der Waals surface area contributed by atoms with Gasteiger partial charge in [0, 0.05) is 23.5 Å². The van der Waals surface area contributed by atoms with Crippen LogP contribution in [0.25, 0.3) is 10.9 Å². The Labute approximate surface area is 228 Å². The molecule has 40 heavy (non-hydrogen) atoms. The molecular weight excluding hydrogens is 528 g/mol. The average molecular weight is 563 g/mol. The number of aromatic nitrogens is 1. The van der Waals surface area contributed by atoms with Crippen LogP contribution in [0, 0.1) is 0 Å². The summed E-state index contributed by atoms with van der Waals surface area (Å²) in [6, 6.07) is 1.25. The quantitative estimate of drug-likeness (QED) is 0.102. The zero-order chi connectivity index (χ0) is 29.8. The molecule has 3 amide bonds. The molecule has 0 bridgehead atoms. The van der Waals surface area contributed by atoms with Crippen molar-refractivity contribution in [2.24, 2.45) is 11.5 Å². The maximum Gasteiger partial charge on any atom is 0.326 e. The van der Waals surface area contributed by atoms with E-state index in [1.54, 1.807) is 30.5 Å². The molecule has 4 atom stereocenters. The molecule has 0 spiro atoms. The number of H-pyrrole nitrogens is 1.